The summed E-state index contributed by atoms with van der Waals surface area (Å²) in [6, 6.07) is 19.3. The molecule has 0 aliphatic carbocycles. The summed E-state index contributed by atoms with van der Waals surface area (Å²) in [7, 11) is 1.38. The monoisotopic (exact) mass is 278 g/mol. The fourth-order valence-electron chi connectivity index (χ4n) is 2.19. The van der Waals surface area contributed by atoms with E-state index in [0.717, 1.165) is 22.5 Å². The van der Waals surface area contributed by atoms with Gasteiger partial charge in [0.15, 0.2) is 0 Å². The van der Waals surface area contributed by atoms with Crippen molar-refractivity contribution in [2.75, 3.05) is 7.11 Å². The zero-order valence-corrected chi connectivity index (χ0v) is 11.6. The van der Waals surface area contributed by atoms with Gasteiger partial charge in [-0.3, -0.25) is 0 Å². The van der Waals surface area contributed by atoms with Crippen molar-refractivity contribution in [3.63, 3.8) is 0 Å². The highest BCUT2D eigenvalue weighted by molar-refractivity contribution is 5.90. The summed E-state index contributed by atoms with van der Waals surface area (Å²) < 4.78 is 10.1. The predicted octanol–water partition coefficient (Wildman–Crippen LogP) is 4.40. The van der Waals surface area contributed by atoms with E-state index in [1.165, 1.54) is 7.11 Å². The Hall–Kier alpha value is -2.81. The van der Waals surface area contributed by atoms with Crippen molar-refractivity contribution < 1.29 is 13.9 Å². The molecule has 0 unspecified atom stereocenters. The van der Waals surface area contributed by atoms with Crippen LogP contribution in [0.5, 0.6) is 0 Å². The first-order valence-corrected chi connectivity index (χ1v) is 6.60. The third-order valence-electron chi connectivity index (χ3n) is 3.33. The summed E-state index contributed by atoms with van der Waals surface area (Å²) in [5.41, 5.74) is 3.72. The fraction of sp³-hybridized carbons (Fsp3) is 0.0556. The van der Waals surface area contributed by atoms with E-state index in [1.54, 1.807) is 18.4 Å². The molecule has 3 nitrogen and oxygen atoms in total. The maximum absolute atomic E-state index is 11.4. The summed E-state index contributed by atoms with van der Waals surface area (Å²) in [5, 5.41) is 0. The minimum atomic E-state index is -0.324. The van der Waals surface area contributed by atoms with Gasteiger partial charge < -0.3 is 9.15 Å². The van der Waals surface area contributed by atoms with Crippen LogP contribution in [-0.2, 0) is 4.74 Å². The average molecular weight is 278 g/mol. The van der Waals surface area contributed by atoms with Crippen molar-refractivity contribution in [3.8, 4) is 22.5 Å². The van der Waals surface area contributed by atoms with Gasteiger partial charge in [-0.2, -0.15) is 0 Å². The molecule has 3 rings (SSSR count). The predicted molar refractivity (Wildman–Crippen MR) is 80.9 cm³/mol. The number of hydrogen-bond acceptors (Lipinski definition) is 3. The number of methoxy groups -OCH3 is 1. The molecule has 1 aromatic heterocycles. The first kappa shape index (κ1) is 13.2. The van der Waals surface area contributed by atoms with Gasteiger partial charge in [-0.15, -0.1) is 0 Å². The summed E-state index contributed by atoms with van der Waals surface area (Å²) in [6.45, 7) is 0. The second kappa shape index (κ2) is 5.67. The Morgan fingerprint density at radius 1 is 0.857 bits per heavy atom. The molecule has 0 aliphatic rings. The lowest BCUT2D eigenvalue weighted by molar-refractivity contribution is 0.0601. The quantitative estimate of drug-likeness (QED) is 0.666. The van der Waals surface area contributed by atoms with Crippen LogP contribution in [0.3, 0.4) is 0 Å². The Morgan fingerprint density at radius 3 is 1.95 bits per heavy atom. The molecule has 0 amide bonds. The zero-order chi connectivity index (χ0) is 14.7. The lowest BCUT2D eigenvalue weighted by atomic mass is 10.0. The van der Waals surface area contributed by atoms with Gasteiger partial charge in [-0.05, 0) is 35.4 Å². The van der Waals surface area contributed by atoms with Crippen LogP contribution in [0.15, 0.2) is 71.3 Å². The van der Waals surface area contributed by atoms with Crippen LogP contribution in [0.25, 0.3) is 22.5 Å². The van der Waals surface area contributed by atoms with Gasteiger partial charge in [-0.1, -0.05) is 36.4 Å². The third kappa shape index (κ3) is 2.72. The van der Waals surface area contributed by atoms with Crippen molar-refractivity contribution in [1.82, 2.24) is 0 Å². The maximum atomic E-state index is 11.4. The Kier molecular flexibility index (Phi) is 3.56. The van der Waals surface area contributed by atoms with E-state index in [-0.39, 0.29) is 5.97 Å². The van der Waals surface area contributed by atoms with Crippen LogP contribution < -0.4 is 0 Å². The molecule has 0 saturated carbocycles. The molecule has 2 aromatic carbocycles. The number of furan rings is 1. The van der Waals surface area contributed by atoms with Crippen LogP contribution in [0.2, 0.25) is 0 Å². The van der Waals surface area contributed by atoms with Crippen molar-refractivity contribution in [2.45, 2.75) is 0 Å². The highest BCUT2D eigenvalue weighted by Gasteiger charge is 2.06. The average Bonchev–Trinajstić information content (AvgIpc) is 3.09. The molecule has 0 aliphatic heterocycles. The molecule has 1 heterocycles. The first-order valence-electron chi connectivity index (χ1n) is 6.60. The molecule has 0 radical (unpaired) electrons. The lowest BCUT2D eigenvalue weighted by Crippen LogP contribution is -2.00. The van der Waals surface area contributed by atoms with Gasteiger partial charge in [0.2, 0.25) is 0 Å². The second-order valence-corrected chi connectivity index (χ2v) is 4.62. The molecule has 104 valence electrons. The van der Waals surface area contributed by atoms with E-state index < -0.39 is 0 Å². The Balaban J connectivity index is 1.85. The van der Waals surface area contributed by atoms with Gasteiger partial charge in [0.25, 0.3) is 0 Å². The lowest BCUT2D eigenvalue weighted by Gasteiger charge is -2.04. The van der Waals surface area contributed by atoms with E-state index in [9.17, 15) is 4.79 Å². The number of esters is 1. The number of carbonyl (C=O) groups excluding carboxylic acids is 1. The first-order chi connectivity index (χ1) is 10.3. The molecular weight excluding hydrogens is 264 g/mol. The number of ether oxygens (including phenoxy) is 1. The maximum Gasteiger partial charge on any atom is 0.337 e. The van der Waals surface area contributed by atoms with E-state index >= 15 is 0 Å². The Bertz CT molecular complexity index is 723. The van der Waals surface area contributed by atoms with Gasteiger partial charge >= 0.3 is 5.97 Å². The van der Waals surface area contributed by atoms with Crippen molar-refractivity contribution in [1.29, 1.82) is 0 Å². The molecule has 0 atom stereocenters. The van der Waals surface area contributed by atoms with Crippen molar-refractivity contribution in [2.24, 2.45) is 0 Å². The summed E-state index contributed by atoms with van der Waals surface area (Å²) in [5.74, 6) is 0.525. The number of rotatable bonds is 3. The van der Waals surface area contributed by atoms with E-state index in [2.05, 4.69) is 4.74 Å². The van der Waals surface area contributed by atoms with Crippen molar-refractivity contribution >= 4 is 5.97 Å². The molecular formula is C18H14O3. The van der Waals surface area contributed by atoms with Crippen LogP contribution in [-0.4, -0.2) is 13.1 Å². The summed E-state index contributed by atoms with van der Waals surface area (Å²) in [4.78, 5) is 11.4. The van der Waals surface area contributed by atoms with Crippen LogP contribution in [0, 0.1) is 0 Å². The Labute approximate surface area is 122 Å². The standard InChI is InChI=1S/C18H14O3/c1-20-18(19)16-10-6-14(7-11-16)13-4-8-15(9-5-13)17-3-2-12-21-17/h2-12H,1H3. The minimum absolute atomic E-state index is 0.324. The van der Waals surface area contributed by atoms with Crippen LogP contribution >= 0.6 is 0 Å². The smallest absolute Gasteiger partial charge is 0.337 e. The van der Waals surface area contributed by atoms with Gasteiger partial charge in [0.1, 0.15) is 5.76 Å². The summed E-state index contributed by atoms with van der Waals surface area (Å²) >= 11 is 0. The largest absolute Gasteiger partial charge is 0.465 e. The third-order valence-corrected chi connectivity index (χ3v) is 3.33. The second-order valence-electron chi connectivity index (χ2n) is 4.62. The molecule has 3 aromatic rings. The highest BCUT2D eigenvalue weighted by Crippen LogP contribution is 2.25. The SMILES string of the molecule is COC(=O)c1ccc(-c2ccc(-c3ccco3)cc2)cc1. The fourth-order valence-corrected chi connectivity index (χ4v) is 2.19. The summed E-state index contributed by atoms with van der Waals surface area (Å²) in [6.07, 6.45) is 1.66. The molecule has 0 bridgehead atoms. The molecule has 0 N–H and O–H groups in total. The number of hydrogen-bond donors (Lipinski definition) is 0. The highest BCUT2D eigenvalue weighted by atomic mass is 16.5. The van der Waals surface area contributed by atoms with E-state index in [1.807, 2.05) is 48.5 Å². The molecule has 3 heteroatoms. The van der Waals surface area contributed by atoms with E-state index in [0.29, 0.717) is 5.56 Å². The van der Waals surface area contributed by atoms with Crippen molar-refractivity contribution in [3.05, 3.63) is 72.5 Å². The van der Waals surface area contributed by atoms with E-state index in [4.69, 9.17) is 4.42 Å². The molecule has 0 saturated heterocycles. The molecule has 0 spiro atoms. The zero-order valence-electron chi connectivity index (χ0n) is 11.6. The van der Waals surface area contributed by atoms with Gasteiger partial charge in [-0.25, -0.2) is 4.79 Å². The van der Waals surface area contributed by atoms with Gasteiger partial charge in [0, 0.05) is 5.56 Å². The molecule has 0 fully saturated rings. The Morgan fingerprint density at radius 2 is 1.43 bits per heavy atom. The van der Waals surface area contributed by atoms with Gasteiger partial charge in [0.05, 0.1) is 18.9 Å². The normalized spacial score (nSPS) is 10.3. The van der Waals surface area contributed by atoms with Crippen LogP contribution in [0.4, 0.5) is 0 Å². The minimum Gasteiger partial charge on any atom is -0.465 e. The number of benzene rings is 2. The van der Waals surface area contributed by atoms with Crippen LogP contribution in [0.1, 0.15) is 10.4 Å². The number of carbonyl (C=O) groups is 1. The topological polar surface area (TPSA) is 39.4 Å². The molecule has 21 heavy (non-hydrogen) atoms.